The maximum atomic E-state index is 10.4. The van der Waals surface area contributed by atoms with Gasteiger partial charge in [0.1, 0.15) is 5.76 Å². The van der Waals surface area contributed by atoms with Crippen LogP contribution in [0, 0.1) is 0 Å². The standard InChI is InChI=1S/C12H19NO3/c1-10(2)15-7-6-13(3)8-11-4-5-12(9-14)16-11/h4-5,9-10H,6-8H2,1-3H3. The van der Waals surface area contributed by atoms with Crippen LogP contribution in [-0.2, 0) is 11.3 Å². The second kappa shape index (κ2) is 6.45. The number of hydrogen-bond acceptors (Lipinski definition) is 4. The minimum Gasteiger partial charge on any atom is -0.457 e. The molecular formula is C12H19NO3. The number of hydrogen-bond donors (Lipinski definition) is 0. The number of rotatable bonds is 7. The number of carbonyl (C=O) groups excluding carboxylic acids is 1. The molecule has 16 heavy (non-hydrogen) atoms. The van der Waals surface area contributed by atoms with Gasteiger partial charge in [-0.3, -0.25) is 9.69 Å². The first kappa shape index (κ1) is 12.9. The summed E-state index contributed by atoms with van der Waals surface area (Å²) in [6, 6.07) is 3.50. The van der Waals surface area contributed by atoms with Crippen LogP contribution in [0.2, 0.25) is 0 Å². The molecule has 0 aromatic carbocycles. The monoisotopic (exact) mass is 225 g/mol. The smallest absolute Gasteiger partial charge is 0.185 e. The van der Waals surface area contributed by atoms with Crippen LogP contribution in [0.1, 0.15) is 30.2 Å². The van der Waals surface area contributed by atoms with Crippen molar-refractivity contribution in [3.8, 4) is 0 Å². The largest absolute Gasteiger partial charge is 0.457 e. The van der Waals surface area contributed by atoms with E-state index in [-0.39, 0.29) is 6.10 Å². The minimum atomic E-state index is 0.263. The molecule has 0 spiro atoms. The summed E-state index contributed by atoms with van der Waals surface area (Å²) in [6.45, 7) is 6.27. The van der Waals surface area contributed by atoms with E-state index in [1.54, 1.807) is 6.07 Å². The molecule has 90 valence electrons. The molecule has 1 heterocycles. The van der Waals surface area contributed by atoms with E-state index in [2.05, 4.69) is 4.90 Å². The third-order valence-corrected chi connectivity index (χ3v) is 2.15. The molecular weight excluding hydrogens is 206 g/mol. The summed E-state index contributed by atoms with van der Waals surface area (Å²) in [4.78, 5) is 12.5. The molecule has 0 amide bonds. The molecule has 0 aliphatic carbocycles. The van der Waals surface area contributed by atoms with Gasteiger partial charge in [-0.15, -0.1) is 0 Å². The van der Waals surface area contributed by atoms with Gasteiger partial charge in [-0.25, -0.2) is 0 Å². The first-order valence-corrected chi connectivity index (χ1v) is 5.46. The second-order valence-corrected chi connectivity index (χ2v) is 4.08. The molecule has 0 saturated heterocycles. The van der Waals surface area contributed by atoms with Crippen LogP contribution in [0.15, 0.2) is 16.5 Å². The van der Waals surface area contributed by atoms with Gasteiger partial charge in [0, 0.05) is 6.54 Å². The summed E-state index contributed by atoms with van der Waals surface area (Å²) in [5.74, 6) is 1.18. The lowest BCUT2D eigenvalue weighted by molar-refractivity contribution is 0.0615. The van der Waals surface area contributed by atoms with Crippen LogP contribution in [0.25, 0.3) is 0 Å². The van der Waals surface area contributed by atoms with E-state index >= 15 is 0 Å². The molecule has 1 aromatic rings. The maximum Gasteiger partial charge on any atom is 0.185 e. The van der Waals surface area contributed by atoms with Crippen molar-refractivity contribution >= 4 is 6.29 Å². The molecule has 4 heteroatoms. The van der Waals surface area contributed by atoms with E-state index in [9.17, 15) is 4.79 Å². The van der Waals surface area contributed by atoms with Crippen molar-refractivity contribution in [1.82, 2.24) is 4.90 Å². The molecule has 0 atom stereocenters. The van der Waals surface area contributed by atoms with Gasteiger partial charge in [-0.05, 0) is 33.0 Å². The third-order valence-electron chi connectivity index (χ3n) is 2.15. The molecule has 0 fully saturated rings. The topological polar surface area (TPSA) is 42.7 Å². The number of carbonyl (C=O) groups is 1. The highest BCUT2D eigenvalue weighted by molar-refractivity contribution is 5.70. The number of furan rings is 1. The van der Waals surface area contributed by atoms with Crippen LogP contribution in [-0.4, -0.2) is 37.5 Å². The van der Waals surface area contributed by atoms with Crippen LogP contribution < -0.4 is 0 Å². The first-order valence-electron chi connectivity index (χ1n) is 5.46. The Bertz CT molecular complexity index is 320. The first-order chi connectivity index (χ1) is 7.61. The lowest BCUT2D eigenvalue weighted by Gasteiger charge is -2.16. The number of likely N-dealkylation sites (N-methyl/N-ethyl adjacent to an activating group) is 1. The fourth-order valence-corrected chi connectivity index (χ4v) is 1.33. The van der Waals surface area contributed by atoms with Crippen LogP contribution in [0.5, 0.6) is 0 Å². The molecule has 0 aliphatic rings. The van der Waals surface area contributed by atoms with E-state index in [0.29, 0.717) is 25.2 Å². The molecule has 0 N–H and O–H groups in total. The molecule has 0 radical (unpaired) electrons. The Morgan fingerprint density at radius 1 is 1.50 bits per heavy atom. The van der Waals surface area contributed by atoms with E-state index in [1.165, 1.54) is 0 Å². The third kappa shape index (κ3) is 4.59. The summed E-state index contributed by atoms with van der Waals surface area (Å²) in [7, 11) is 1.99. The van der Waals surface area contributed by atoms with Gasteiger partial charge in [-0.1, -0.05) is 0 Å². The summed E-state index contributed by atoms with van der Waals surface area (Å²) >= 11 is 0. The van der Waals surface area contributed by atoms with Crippen molar-refractivity contribution in [1.29, 1.82) is 0 Å². The predicted molar refractivity (Wildman–Crippen MR) is 61.5 cm³/mol. The molecule has 0 bridgehead atoms. The van der Waals surface area contributed by atoms with E-state index in [1.807, 2.05) is 27.0 Å². The fraction of sp³-hybridized carbons (Fsp3) is 0.583. The summed E-state index contributed by atoms with van der Waals surface area (Å²) in [6.07, 6.45) is 0.976. The van der Waals surface area contributed by atoms with Crippen molar-refractivity contribution in [3.05, 3.63) is 23.7 Å². The van der Waals surface area contributed by atoms with Crippen LogP contribution in [0.3, 0.4) is 0 Å². The number of nitrogens with zero attached hydrogens (tertiary/aromatic N) is 1. The zero-order valence-electron chi connectivity index (χ0n) is 10.1. The van der Waals surface area contributed by atoms with Gasteiger partial charge in [0.2, 0.25) is 0 Å². The second-order valence-electron chi connectivity index (χ2n) is 4.08. The van der Waals surface area contributed by atoms with E-state index < -0.39 is 0 Å². The van der Waals surface area contributed by atoms with Crippen molar-refractivity contribution in [3.63, 3.8) is 0 Å². The Morgan fingerprint density at radius 3 is 2.81 bits per heavy atom. The fourth-order valence-electron chi connectivity index (χ4n) is 1.33. The predicted octanol–water partition coefficient (Wildman–Crippen LogP) is 1.95. The SMILES string of the molecule is CC(C)OCCN(C)Cc1ccc(C=O)o1. The highest BCUT2D eigenvalue weighted by Gasteiger charge is 2.05. The molecule has 4 nitrogen and oxygen atoms in total. The summed E-state index contributed by atoms with van der Waals surface area (Å²) in [5.41, 5.74) is 0. The Hall–Kier alpha value is -1.13. The van der Waals surface area contributed by atoms with Gasteiger partial charge in [0.05, 0.1) is 19.3 Å². The number of aldehydes is 1. The highest BCUT2D eigenvalue weighted by Crippen LogP contribution is 2.07. The van der Waals surface area contributed by atoms with Crippen molar-refractivity contribution in [2.24, 2.45) is 0 Å². The van der Waals surface area contributed by atoms with Gasteiger partial charge >= 0.3 is 0 Å². The Kier molecular flexibility index (Phi) is 5.22. The van der Waals surface area contributed by atoms with Crippen molar-refractivity contribution < 1.29 is 13.9 Å². The molecule has 1 aromatic heterocycles. The number of ether oxygens (including phenoxy) is 1. The van der Waals surface area contributed by atoms with E-state index in [4.69, 9.17) is 9.15 Å². The average Bonchev–Trinajstić information content (AvgIpc) is 2.65. The van der Waals surface area contributed by atoms with Crippen LogP contribution >= 0.6 is 0 Å². The summed E-state index contributed by atoms with van der Waals surface area (Å²) in [5, 5.41) is 0. The zero-order chi connectivity index (χ0) is 12.0. The normalized spacial score (nSPS) is 11.3. The minimum absolute atomic E-state index is 0.263. The Morgan fingerprint density at radius 2 is 2.25 bits per heavy atom. The van der Waals surface area contributed by atoms with Crippen molar-refractivity contribution in [2.45, 2.75) is 26.5 Å². The van der Waals surface area contributed by atoms with E-state index in [0.717, 1.165) is 12.3 Å². The Labute approximate surface area is 96.2 Å². The van der Waals surface area contributed by atoms with Crippen LogP contribution in [0.4, 0.5) is 0 Å². The molecule has 0 unspecified atom stereocenters. The molecule has 0 aliphatic heterocycles. The van der Waals surface area contributed by atoms with Gasteiger partial charge in [-0.2, -0.15) is 0 Å². The maximum absolute atomic E-state index is 10.4. The van der Waals surface area contributed by atoms with Crippen molar-refractivity contribution in [2.75, 3.05) is 20.2 Å². The summed E-state index contributed by atoms with van der Waals surface area (Å²) < 4.78 is 10.7. The molecule has 1 rings (SSSR count). The highest BCUT2D eigenvalue weighted by atomic mass is 16.5. The lowest BCUT2D eigenvalue weighted by atomic mass is 10.4. The molecule has 0 saturated carbocycles. The average molecular weight is 225 g/mol. The van der Waals surface area contributed by atoms with Gasteiger partial charge in [0.15, 0.2) is 12.0 Å². The Balaban J connectivity index is 2.28. The quantitative estimate of drug-likeness (QED) is 0.665. The zero-order valence-corrected chi connectivity index (χ0v) is 10.1. The lowest BCUT2D eigenvalue weighted by Crippen LogP contribution is -2.23. The van der Waals surface area contributed by atoms with Gasteiger partial charge < -0.3 is 9.15 Å². The van der Waals surface area contributed by atoms with Gasteiger partial charge in [0.25, 0.3) is 0 Å².